The van der Waals surface area contributed by atoms with Gasteiger partial charge in [0, 0.05) is 0 Å². The molecule has 2 aliphatic carbocycles. The summed E-state index contributed by atoms with van der Waals surface area (Å²) < 4.78 is 0. The molecule has 0 amide bonds. The van der Waals surface area contributed by atoms with E-state index in [2.05, 4.69) is 9.24 Å². The summed E-state index contributed by atoms with van der Waals surface area (Å²) in [5.41, 5.74) is 0. The van der Waals surface area contributed by atoms with Crippen molar-refractivity contribution in [2.45, 2.75) is 56.5 Å². The molecule has 0 heterocycles. The van der Waals surface area contributed by atoms with Crippen LogP contribution in [0.25, 0.3) is 0 Å². The highest BCUT2D eigenvalue weighted by molar-refractivity contribution is 7.19. The van der Waals surface area contributed by atoms with Gasteiger partial charge in [0.2, 0.25) is 0 Å². The van der Waals surface area contributed by atoms with Crippen LogP contribution >= 0.6 is 9.24 Å². The molecule has 11 heavy (non-hydrogen) atoms. The SMILES string of the molecule is PC1(C2CCCCC2)CCC1. The topological polar surface area (TPSA) is 0 Å². The molecule has 0 aliphatic heterocycles. The van der Waals surface area contributed by atoms with Gasteiger partial charge >= 0.3 is 0 Å². The van der Waals surface area contributed by atoms with Crippen molar-refractivity contribution >= 4 is 9.24 Å². The maximum absolute atomic E-state index is 3.15. The molecule has 0 N–H and O–H groups in total. The second kappa shape index (κ2) is 3.05. The molecule has 1 atom stereocenters. The van der Waals surface area contributed by atoms with E-state index >= 15 is 0 Å². The molecule has 2 aliphatic rings. The van der Waals surface area contributed by atoms with Gasteiger partial charge in [-0.3, -0.25) is 0 Å². The van der Waals surface area contributed by atoms with Crippen LogP contribution in [-0.4, -0.2) is 5.16 Å². The quantitative estimate of drug-likeness (QED) is 0.529. The maximum Gasteiger partial charge on any atom is -0.0122 e. The van der Waals surface area contributed by atoms with Crippen molar-refractivity contribution in [3.8, 4) is 0 Å². The lowest BCUT2D eigenvalue weighted by atomic mass is 9.69. The first-order valence-electron chi connectivity index (χ1n) is 5.10. The lowest BCUT2D eigenvalue weighted by Crippen LogP contribution is -2.39. The summed E-state index contributed by atoms with van der Waals surface area (Å²) in [4.78, 5) is 0. The van der Waals surface area contributed by atoms with Gasteiger partial charge < -0.3 is 0 Å². The van der Waals surface area contributed by atoms with Gasteiger partial charge in [-0.25, -0.2) is 0 Å². The molecular weight excluding hydrogens is 151 g/mol. The standard InChI is InChI=1S/C10H19P/c11-10(7-4-8-10)9-5-2-1-3-6-9/h9H,1-8,11H2. The Bertz CT molecular complexity index is 132. The van der Waals surface area contributed by atoms with Crippen LogP contribution in [0.2, 0.25) is 0 Å². The lowest BCUT2D eigenvalue weighted by molar-refractivity contribution is 0.196. The molecule has 0 aromatic heterocycles. The van der Waals surface area contributed by atoms with Gasteiger partial charge in [-0.1, -0.05) is 25.7 Å². The minimum Gasteiger partial charge on any atom is -0.131 e. The smallest absolute Gasteiger partial charge is 0.0122 e. The van der Waals surface area contributed by atoms with Crippen molar-refractivity contribution in [2.75, 3.05) is 0 Å². The Hall–Kier alpha value is 0.430. The summed E-state index contributed by atoms with van der Waals surface area (Å²) in [6.07, 6.45) is 12.0. The van der Waals surface area contributed by atoms with Crippen molar-refractivity contribution < 1.29 is 0 Å². The summed E-state index contributed by atoms with van der Waals surface area (Å²) in [7, 11) is 3.15. The fourth-order valence-electron chi connectivity index (χ4n) is 2.67. The van der Waals surface area contributed by atoms with Crippen molar-refractivity contribution in [3.63, 3.8) is 0 Å². The summed E-state index contributed by atoms with van der Waals surface area (Å²) in [5.74, 6) is 1.06. The van der Waals surface area contributed by atoms with E-state index in [1.54, 1.807) is 0 Å². The van der Waals surface area contributed by atoms with Crippen LogP contribution < -0.4 is 0 Å². The van der Waals surface area contributed by atoms with Crippen molar-refractivity contribution in [3.05, 3.63) is 0 Å². The minimum atomic E-state index is 0.709. The van der Waals surface area contributed by atoms with Crippen LogP contribution in [0.1, 0.15) is 51.4 Å². The van der Waals surface area contributed by atoms with Crippen LogP contribution in [0.15, 0.2) is 0 Å². The number of hydrogen-bond donors (Lipinski definition) is 0. The summed E-state index contributed by atoms with van der Waals surface area (Å²) >= 11 is 0. The average molecular weight is 170 g/mol. The summed E-state index contributed by atoms with van der Waals surface area (Å²) in [5, 5.41) is 0.709. The highest BCUT2D eigenvalue weighted by atomic mass is 31.0. The van der Waals surface area contributed by atoms with Crippen LogP contribution in [-0.2, 0) is 0 Å². The molecule has 64 valence electrons. The van der Waals surface area contributed by atoms with Crippen LogP contribution in [0.3, 0.4) is 0 Å². The van der Waals surface area contributed by atoms with Gasteiger partial charge in [0.1, 0.15) is 0 Å². The molecule has 1 heteroatoms. The maximum atomic E-state index is 3.15. The van der Waals surface area contributed by atoms with E-state index in [1.165, 1.54) is 51.4 Å². The molecule has 0 saturated heterocycles. The third-order valence-electron chi connectivity index (χ3n) is 3.70. The Morgan fingerprint density at radius 2 is 1.55 bits per heavy atom. The van der Waals surface area contributed by atoms with Crippen LogP contribution in [0.4, 0.5) is 0 Å². The molecule has 2 saturated carbocycles. The van der Waals surface area contributed by atoms with Crippen LogP contribution in [0, 0.1) is 5.92 Å². The van der Waals surface area contributed by atoms with E-state index in [1.807, 2.05) is 0 Å². The predicted molar refractivity (Wildman–Crippen MR) is 52.9 cm³/mol. The highest BCUT2D eigenvalue weighted by Crippen LogP contribution is 2.50. The first-order chi connectivity index (χ1) is 5.31. The van der Waals surface area contributed by atoms with Crippen LogP contribution in [0.5, 0.6) is 0 Å². The average Bonchev–Trinajstić information content (AvgIpc) is 2.02. The zero-order chi connectivity index (χ0) is 7.73. The van der Waals surface area contributed by atoms with Crippen molar-refractivity contribution in [1.29, 1.82) is 0 Å². The van der Waals surface area contributed by atoms with Gasteiger partial charge in [-0.2, -0.15) is 0 Å². The minimum absolute atomic E-state index is 0.709. The summed E-state index contributed by atoms with van der Waals surface area (Å²) in [6, 6.07) is 0. The molecular formula is C10H19P. The van der Waals surface area contributed by atoms with Gasteiger partial charge in [0.25, 0.3) is 0 Å². The van der Waals surface area contributed by atoms with E-state index in [-0.39, 0.29) is 0 Å². The monoisotopic (exact) mass is 170 g/mol. The van der Waals surface area contributed by atoms with Gasteiger partial charge in [-0.15, -0.1) is 9.24 Å². The zero-order valence-corrected chi connectivity index (χ0v) is 8.47. The molecule has 0 aromatic carbocycles. The Morgan fingerprint density at radius 3 is 2.00 bits per heavy atom. The fraction of sp³-hybridized carbons (Fsp3) is 1.00. The second-order valence-electron chi connectivity index (χ2n) is 4.42. The Morgan fingerprint density at radius 1 is 0.909 bits per heavy atom. The molecule has 0 radical (unpaired) electrons. The Balaban J connectivity index is 1.91. The fourth-order valence-corrected chi connectivity index (χ4v) is 3.41. The van der Waals surface area contributed by atoms with Crippen molar-refractivity contribution in [2.24, 2.45) is 5.92 Å². The molecule has 2 fully saturated rings. The third kappa shape index (κ3) is 1.47. The van der Waals surface area contributed by atoms with E-state index in [0.717, 1.165) is 5.92 Å². The molecule has 0 nitrogen and oxygen atoms in total. The Kier molecular flexibility index (Phi) is 2.23. The lowest BCUT2D eigenvalue weighted by Gasteiger charge is -2.46. The van der Waals surface area contributed by atoms with Gasteiger partial charge in [0.15, 0.2) is 0 Å². The zero-order valence-electron chi connectivity index (χ0n) is 7.31. The summed E-state index contributed by atoms with van der Waals surface area (Å²) in [6.45, 7) is 0. The van der Waals surface area contributed by atoms with Crippen molar-refractivity contribution in [1.82, 2.24) is 0 Å². The van der Waals surface area contributed by atoms with E-state index in [4.69, 9.17) is 0 Å². The van der Waals surface area contributed by atoms with Gasteiger partial charge in [-0.05, 0) is 36.8 Å². The van der Waals surface area contributed by atoms with E-state index in [9.17, 15) is 0 Å². The number of hydrogen-bond acceptors (Lipinski definition) is 0. The first kappa shape index (κ1) is 8.05. The molecule has 0 aromatic rings. The normalized spacial score (nSPS) is 31.4. The second-order valence-corrected chi connectivity index (χ2v) is 5.57. The first-order valence-corrected chi connectivity index (χ1v) is 5.68. The molecule has 0 bridgehead atoms. The predicted octanol–water partition coefficient (Wildman–Crippen LogP) is 3.36. The third-order valence-corrected chi connectivity index (χ3v) is 4.75. The molecule has 0 spiro atoms. The van der Waals surface area contributed by atoms with E-state index in [0.29, 0.717) is 5.16 Å². The molecule has 1 unspecified atom stereocenters. The van der Waals surface area contributed by atoms with Gasteiger partial charge in [0.05, 0.1) is 0 Å². The molecule has 2 rings (SSSR count). The largest absolute Gasteiger partial charge is 0.131 e. The Labute approximate surface area is 72.3 Å². The number of rotatable bonds is 1. The highest BCUT2D eigenvalue weighted by Gasteiger charge is 2.39. The van der Waals surface area contributed by atoms with E-state index < -0.39 is 0 Å².